The molecule has 0 saturated heterocycles. The molecule has 0 aliphatic heterocycles. The van der Waals surface area contributed by atoms with E-state index in [-0.39, 0.29) is 0 Å². The van der Waals surface area contributed by atoms with Crippen LogP contribution in [0.1, 0.15) is 39.5 Å². The molecule has 0 N–H and O–H groups in total. The van der Waals surface area contributed by atoms with Crippen LogP contribution >= 0.6 is 0 Å². The first-order valence-corrected chi connectivity index (χ1v) is 4.62. The second-order valence-electron chi connectivity index (χ2n) is 3.60. The zero-order chi connectivity index (χ0) is 8.69. The summed E-state index contributed by atoms with van der Waals surface area (Å²) < 4.78 is 0. The fourth-order valence-corrected chi connectivity index (χ4v) is 1.08. The highest BCUT2D eigenvalue weighted by Gasteiger charge is 1.97. The van der Waals surface area contributed by atoms with E-state index in [1.165, 1.54) is 25.7 Å². The molecule has 0 spiro atoms. The topological polar surface area (TPSA) is 0 Å². The molecule has 1 radical (unpaired) electrons. The molecule has 0 nitrogen and oxygen atoms in total. The van der Waals surface area contributed by atoms with E-state index in [4.69, 9.17) is 0 Å². The first-order valence-electron chi connectivity index (χ1n) is 4.62. The van der Waals surface area contributed by atoms with Crippen molar-refractivity contribution in [1.82, 2.24) is 0 Å². The van der Waals surface area contributed by atoms with Gasteiger partial charge >= 0.3 is 0 Å². The van der Waals surface area contributed by atoms with Crippen LogP contribution in [0.5, 0.6) is 0 Å². The molecule has 0 heterocycles. The van der Waals surface area contributed by atoms with Gasteiger partial charge in [0.15, 0.2) is 0 Å². The van der Waals surface area contributed by atoms with Crippen LogP contribution in [0, 0.1) is 18.8 Å². The maximum Gasteiger partial charge on any atom is -0.0265 e. The highest BCUT2D eigenvalue weighted by molar-refractivity contribution is 4.74. The van der Waals surface area contributed by atoms with Crippen LogP contribution in [0.3, 0.4) is 0 Å². The van der Waals surface area contributed by atoms with Crippen molar-refractivity contribution in [2.75, 3.05) is 0 Å². The molecular formula is C11H21. The van der Waals surface area contributed by atoms with Crippen LogP contribution in [-0.4, -0.2) is 0 Å². The molecule has 65 valence electrons. The van der Waals surface area contributed by atoms with Gasteiger partial charge in [0, 0.05) is 0 Å². The predicted octanol–water partition coefficient (Wildman–Crippen LogP) is 3.84. The first-order chi connectivity index (χ1) is 5.16. The van der Waals surface area contributed by atoms with Crippen LogP contribution < -0.4 is 0 Å². The largest absolute Gasteiger partial charge is 0.103 e. The highest BCUT2D eigenvalue weighted by atomic mass is 14.0. The molecule has 0 amide bonds. The van der Waals surface area contributed by atoms with Crippen molar-refractivity contribution >= 4 is 0 Å². The smallest absolute Gasteiger partial charge is 0.0265 e. The lowest BCUT2D eigenvalue weighted by Crippen LogP contribution is -1.91. The van der Waals surface area contributed by atoms with Gasteiger partial charge in [-0.2, -0.15) is 0 Å². The molecule has 0 heteroatoms. The van der Waals surface area contributed by atoms with Crippen molar-refractivity contribution in [3.05, 3.63) is 19.6 Å². The van der Waals surface area contributed by atoms with E-state index in [1.807, 2.05) is 6.08 Å². The third kappa shape index (κ3) is 7.64. The van der Waals surface area contributed by atoms with Crippen molar-refractivity contribution in [1.29, 1.82) is 0 Å². The lowest BCUT2D eigenvalue weighted by molar-refractivity contribution is 0.524. The Hall–Kier alpha value is -0.260. The monoisotopic (exact) mass is 153 g/mol. The quantitative estimate of drug-likeness (QED) is 0.402. The van der Waals surface area contributed by atoms with Gasteiger partial charge < -0.3 is 0 Å². The minimum Gasteiger partial charge on any atom is -0.103 e. The molecule has 0 saturated carbocycles. The van der Waals surface area contributed by atoms with Crippen LogP contribution in [0.2, 0.25) is 0 Å². The Morgan fingerprint density at radius 1 is 1.18 bits per heavy atom. The van der Waals surface area contributed by atoms with Crippen molar-refractivity contribution in [2.45, 2.75) is 39.5 Å². The second-order valence-corrected chi connectivity index (χ2v) is 3.60. The lowest BCUT2D eigenvalue weighted by atomic mass is 10.0. The summed E-state index contributed by atoms with van der Waals surface area (Å²) in [7, 11) is 0. The third-order valence-corrected chi connectivity index (χ3v) is 2.01. The van der Waals surface area contributed by atoms with E-state index >= 15 is 0 Å². The van der Waals surface area contributed by atoms with Crippen LogP contribution in [0.15, 0.2) is 12.7 Å². The Morgan fingerprint density at radius 3 is 2.18 bits per heavy atom. The molecule has 2 unspecified atom stereocenters. The molecule has 0 fully saturated rings. The zero-order valence-corrected chi connectivity index (χ0v) is 7.97. The van der Waals surface area contributed by atoms with Crippen molar-refractivity contribution in [2.24, 2.45) is 11.8 Å². The summed E-state index contributed by atoms with van der Waals surface area (Å²) in [5.41, 5.74) is 0. The Balaban J connectivity index is 3.07. The number of allylic oxidation sites excluding steroid dienone is 1. The van der Waals surface area contributed by atoms with Gasteiger partial charge in [0.1, 0.15) is 0 Å². The molecule has 0 aromatic carbocycles. The maximum absolute atomic E-state index is 3.96. The van der Waals surface area contributed by atoms with E-state index < -0.39 is 0 Å². The van der Waals surface area contributed by atoms with E-state index in [2.05, 4.69) is 27.4 Å². The van der Waals surface area contributed by atoms with Gasteiger partial charge in [-0.15, -0.1) is 6.58 Å². The standard InChI is InChI=1S/C11H21/c1-5-11(4)9-7-6-8-10(2)3/h5,10-11H,1-2,6-9H2,3-4H3. The van der Waals surface area contributed by atoms with Gasteiger partial charge in [-0.25, -0.2) is 0 Å². The van der Waals surface area contributed by atoms with Gasteiger partial charge in [-0.3, -0.25) is 0 Å². The maximum atomic E-state index is 3.96. The Bertz CT molecular complexity index is 92.2. The number of rotatable bonds is 6. The first kappa shape index (κ1) is 10.7. The summed E-state index contributed by atoms with van der Waals surface area (Å²) in [6.07, 6.45) is 7.24. The fourth-order valence-electron chi connectivity index (χ4n) is 1.08. The van der Waals surface area contributed by atoms with E-state index in [9.17, 15) is 0 Å². The van der Waals surface area contributed by atoms with Gasteiger partial charge in [-0.1, -0.05) is 46.1 Å². The minimum atomic E-state index is 0.619. The highest BCUT2D eigenvalue weighted by Crippen LogP contribution is 2.12. The Kier molecular flexibility index (Phi) is 6.30. The molecule has 0 bridgehead atoms. The summed E-state index contributed by atoms with van der Waals surface area (Å²) in [5, 5.41) is 0. The zero-order valence-electron chi connectivity index (χ0n) is 7.97. The van der Waals surface area contributed by atoms with Crippen LogP contribution in [-0.2, 0) is 0 Å². The SMILES string of the molecule is [CH2]C(C)CCCCC(C)C=C. The van der Waals surface area contributed by atoms with Gasteiger partial charge in [0.25, 0.3) is 0 Å². The fraction of sp³-hybridized carbons (Fsp3) is 0.727. The van der Waals surface area contributed by atoms with Crippen molar-refractivity contribution in [3.8, 4) is 0 Å². The predicted molar refractivity (Wildman–Crippen MR) is 52.4 cm³/mol. The summed E-state index contributed by atoms with van der Waals surface area (Å²) in [6.45, 7) is 12.1. The van der Waals surface area contributed by atoms with Gasteiger partial charge in [0.05, 0.1) is 0 Å². The molecule has 0 aliphatic carbocycles. The molecular weight excluding hydrogens is 132 g/mol. The van der Waals surface area contributed by atoms with Crippen LogP contribution in [0.25, 0.3) is 0 Å². The molecule has 11 heavy (non-hydrogen) atoms. The summed E-state index contributed by atoms with van der Waals surface area (Å²) in [6, 6.07) is 0. The summed E-state index contributed by atoms with van der Waals surface area (Å²) in [4.78, 5) is 0. The normalized spacial score (nSPS) is 13.5. The van der Waals surface area contributed by atoms with E-state index in [0.29, 0.717) is 11.8 Å². The molecule has 0 rings (SSSR count). The average Bonchev–Trinajstić information content (AvgIpc) is 1.97. The molecule has 0 aromatic rings. The molecule has 0 aliphatic rings. The number of unbranched alkanes of at least 4 members (excludes halogenated alkanes) is 1. The van der Waals surface area contributed by atoms with Gasteiger partial charge in [-0.05, 0) is 18.3 Å². The second kappa shape index (κ2) is 6.45. The number of hydrogen-bond donors (Lipinski definition) is 0. The Labute approximate surface area is 71.7 Å². The lowest BCUT2D eigenvalue weighted by Gasteiger charge is -2.06. The van der Waals surface area contributed by atoms with E-state index in [1.54, 1.807) is 0 Å². The van der Waals surface area contributed by atoms with E-state index in [0.717, 1.165) is 0 Å². The van der Waals surface area contributed by atoms with Gasteiger partial charge in [0.2, 0.25) is 0 Å². The average molecular weight is 153 g/mol. The molecule has 2 atom stereocenters. The molecule has 0 aromatic heterocycles. The van der Waals surface area contributed by atoms with Crippen LogP contribution in [0.4, 0.5) is 0 Å². The van der Waals surface area contributed by atoms with Crippen molar-refractivity contribution < 1.29 is 0 Å². The summed E-state index contributed by atoms with van der Waals surface area (Å²) >= 11 is 0. The summed E-state index contributed by atoms with van der Waals surface area (Å²) in [5.74, 6) is 1.31. The number of hydrogen-bond acceptors (Lipinski definition) is 0. The van der Waals surface area contributed by atoms with Crippen molar-refractivity contribution in [3.63, 3.8) is 0 Å². The minimum absolute atomic E-state index is 0.619. The third-order valence-electron chi connectivity index (χ3n) is 2.01. The Morgan fingerprint density at radius 2 is 1.73 bits per heavy atom.